The van der Waals surface area contributed by atoms with Gasteiger partial charge in [0.1, 0.15) is 11.4 Å². The number of nitrogens with one attached hydrogen (secondary N) is 1. The van der Waals surface area contributed by atoms with Crippen molar-refractivity contribution in [3.63, 3.8) is 0 Å². The van der Waals surface area contributed by atoms with E-state index in [4.69, 9.17) is 15.9 Å². The standard InChI is InChI=1S/C13H19N3O2/c1-13(2,3)18-12(17)16(4)10-7-5-9(6-8-10)11(14)15/h5-8H,1-4H3,(H3,14,15). The molecular weight excluding hydrogens is 230 g/mol. The van der Waals surface area contributed by atoms with Crippen LogP contribution in [0.1, 0.15) is 26.3 Å². The number of anilines is 1. The number of amidine groups is 1. The second-order valence-corrected chi connectivity index (χ2v) is 5.00. The fraction of sp³-hybridized carbons (Fsp3) is 0.385. The zero-order valence-corrected chi connectivity index (χ0v) is 11.2. The lowest BCUT2D eigenvalue weighted by molar-refractivity contribution is 0.0589. The van der Waals surface area contributed by atoms with E-state index in [0.717, 1.165) is 0 Å². The summed E-state index contributed by atoms with van der Waals surface area (Å²) in [7, 11) is 1.64. The van der Waals surface area contributed by atoms with Crippen LogP contribution in [0.2, 0.25) is 0 Å². The zero-order valence-electron chi connectivity index (χ0n) is 11.2. The molecule has 0 spiro atoms. The molecule has 0 fully saturated rings. The average molecular weight is 249 g/mol. The minimum Gasteiger partial charge on any atom is -0.443 e. The summed E-state index contributed by atoms with van der Waals surface area (Å²) >= 11 is 0. The number of hydrogen-bond donors (Lipinski definition) is 2. The third kappa shape index (κ3) is 3.76. The second-order valence-electron chi connectivity index (χ2n) is 5.00. The SMILES string of the molecule is CN(C(=O)OC(C)(C)C)c1ccc(C(=N)N)cc1. The van der Waals surface area contributed by atoms with Crippen molar-refractivity contribution in [1.29, 1.82) is 5.41 Å². The molecule has 0 bridgehead atoms. The molecule has 0 radical (unpaired) electrons. The molecule has 0 aliphatic heterocycles. The first-order chi connectivity index (χ1) is 8.20. The van der Waals surface area contributed by atoms with Crippen molar-refractivity contribution in [1.82, 2.24) is 0 Å². The molecule has 18 heavy (non-hydrogen) atoms. The molecule has 1 aromatic carbocycles. The lowest BCUT2D eigenvalue weighted by Crippen LogP contribution is -2.34. The molecule has 1 aromatic rings. The highest BCUT2D eigenvalue weighted by Gasteiger charge is 2.20. The van der Waals surface area contributed by atoms with Crippen molar-refractivity contribution in [3.8, 4) is 0 Å². The summed E-state index contributed by atoms with van der Waals surface area (Å²) in [5.74, 6) is 0.00136. The molecule has 0 saturated heterocycles. The van der Waals surface area contributed by atoms with E-state index in [1.165, 1.54) is 4.90 Å². The first kappa shape index (κ1) is 14.0. The number of amides is 1. The van der Waals surface area contributed by atoms with Crippen LogP contribution in [0.15, 0.2) is 24.3 Å². The first-order valence-corrected chi connectivity index (χ1v) is 5.62. The van der Waals surface area contributed by atoms with E-state index in [1.54, 1.807) is 31.3 Å². The molecule has 0 unspecified atom stereocenters. The van der Waals surface area contributed by atoms with Gasteiger partial charge in [0.25, 0.3) is 0 Å². The van der Waals surface area contributed by atoms with E-state index in [1.807, 2.05) is 20.8 Å². The van der Waals surface area contributed by atoms with Crippen LogP contribution in [0.3, 0.4) is 0 Å². The second kappa shape index (κ2) is 5.08. The van der Waals surface area contributed by atoms with Crippen molar-refractivity contribution >= 4 is 17.6 Å². The van der Waals surface area contributed by atoms with Gasteiger partial charge in [-0.25, -0.2) is 4.79 Å². The Balaban J connectivity index is 2.81. The smallest absolute Gasteiger partial charge is 0.414 e. The summed E-state index contributed by atoms with van der Waals surface area (Å²) in [5, 5.41) is 7.29. The number of ether oxygens (including phenoxy) is 1. The van der Waals surface area contributed by atoms with Crippen LogP contribution in [-0.2, 0) is 4.74 Å². The molecule has 0 atom stereocenters. The number of hydrogen-bond acceptors (Lipinski definition) is 3. The Morgan fingerprint density at radius 1 is 1.28 bits per heavy atom. The van der Waals surface area contributed by atoms with Crippen LogP contribution in [0, 0.1) is 5.41 Å². The number of carbonyl (C=O) groups excluding carboxylic acids is 1. The molecule has 0 aromatic heterocycles. The number of nitrogens with zero attached hydrogens (tertiary/aromatic N) is 1. The van der Waals surface area contributed by atoms with Gasteiger partial charge >= 0.3 is 6.09 Å². The Hall–Kier alpha value is -2.04. The topological polar surface area (TPSA) is 79.4 Å². The van der Waals surface area contributed by atoms with E-state index in [-0.39, 0.29) is 5.84 Å². The minimum absolute atomic E-state index is 0.00136. The fourth-order valence-electron chi connectivity index (χ4n) is 1.30. The van der Waals surface area contributed by atoms with Crippen LogP contribution in [0.4, 0.5) is 10.5 Å². The van der Waals surface area contributed by atoms with Gasteiger partial charge in [-0.15, -0.1) is 0 Å². The Bertz CT molecular complexity index is 446. The van der Waals surface area contributed by atoms with Gasteiger partial charge in [-0.05, 0) is 45.0 Å². The molecule has 98 valence electrons. The first-order valence-electron chi connectivity index (χ1n) is 5.62. The van der Waals surface area contributed by atoms with Crippen molar-refractivity contribution in [3.05, 3.63) is 29.8 Å². The van der Waals surface area contributed by atoms with Crippen molar-refractivity contribution in [2.75, 3.05) is 11.9 Å². The van der Waals surface area contributed by atoms with Crippen molar-refractivity contribution in [2.24, 2.45) is 5.73 Å². The van der Waals surface area contributed by atoms with E-state index >= 15 is 0 Å². The van der Waals surface area contributed by atoms with Gasteiger partial charge in [-0.2, -0.15) is 0 Å². The van der Waals surface area contributed by atoms with Gasteiger partial charge in [-0.1, -0.05) is 0 Å². The number of nitrogens with two attached hydrogens (primary N) is 1. The number of carbonyl (C=O) groups is 1. The Morgan fingerprint density at radius 3 is 2.17 bits per heavy atom. The molecule has 1 amide bonds. The average Bonchev–Trinajstić information content (AvgIpc) is 2.26. The lowest BCUT2D eigenvalue weighted by Gasteiger charge is -2.24. The van der Waals surface area contributed by atoms with Crippen molar-refractivity contribution < 1.29 is 9.53 Å². The summed E-state index contributed by atoms with van der Waals surface area (Å²) in [6, 6.07) is 6.83. The van der Waals surface area contributed by atoms with Gasteiger partial charge in [-0.3, -0.25) is 10.3 Å². The highest BCUT2D eigenvalue weighted by molar-refractivity contribution is 5.96. The molecule has 0 aliphatic carbocycles. The monoisotopic (exact) mass is 249 g/mol. The Morgan fingerprint density at radius 2 is 1.78 bits per heavy atom. The molecule has 1 rings (SSSR count). The molecule has 3 N–H and O–H groups in total. The summed E-state index contributed by atoms with van der Waals surface area (Å²) in [4.78, 5) is 13.2. The minimum atomic E-state index is -0.523. The quantitative estimate of drug-likeness (QED) is 0.623. The summed E-state index contributed by atoms with van der Waals surface area (Å²) < 4.78 is 5.25. The zero-order chi connectivity index (χ0) is 13.9. The number of benzene rings is 1. The van der Waals surface area contributed by atoms with Gasteiger partial charge in [0.2, 0.25) is 0 Å². The fourth-order valence-corrected chi connectivity index (χ4v) is 1.30. The van der Waals surface area contributed by atoms with E-state index in [0.29, 0.717) is 11.3 Å². The van der Waals surface area contributed by atoms with Gasteiger partial charge < -0.3 is 10.5 Å². The van der Waals surface area contributed by atoms with Gasteiger partial charge in [0, 0.05) is 18.3 Å². The largest absolute Gasteiger partial charge is 0.443 e. The Kier molecular flexibility index (Phi) is 3.96. The highest BCUT2D eigenvalue weighted by Crippen LogP contribution is 2.17. The highest BCUT2D eigenvalue weighted by atomic mass is 16.6. The van der Waals surface area contributed by atoms with Crippen molar-refractivity contribution in [2.45, 2.75) is 26.4 Å². The third-order valence-corrected chi connectivity index (χ3v) is 2.23. The molecule has 0 heterocycles. The molecule has 0 aliphatic rings. The Labute approximate surface area is 107 Å². The summed E-state index contributed by atoms with van der Waals surface area (Å²) in [5.41, 5.74) is 6.15. The predicted octanol–water partition coefficient (Wildman–Crippen LogP) is 2.34. The predicted molar refractivity (Wildman–Crippen MR) is 72.1 cm³/mol. The molecule has 5 nitrogen and oxygen atoms in total. The lowest BCUT2D eigenvalue weighted by atomic mass is 10.2. The molecule has 5 heteroatoms. The van der Waals surface area contributed by atoms with Crippen LogP contribution in [0.25, 0.3) is 0 Å². The van der Waals surface area contributed by atoms with Crippen LogP contribution < -0.4 is 10.6 Å². The van der Waals surface area contributed by atoms with E-state index < -0.39 is 11.7 Å². The molecular formula is C13H19N3O2. The maximum Gasteiger partial charge on any atom is 0.414 e. The van der Waals surface area contributed by atoms with Gasteiger partial charge in [0.15, 0.2) is 0 Å². The van der Waals surface area contributed by atoms with Gasteiger partial charge in [0.05, 0.1) is 0 Å². The number of rotatable bonds is 2. The van der Waals surface area contributed by atoms with Crippen LogP contribution in [0.5, 0.6) is 0 Å². The maximum absolute atomic E-state index is 11.8. The van der Waals surface area contributed by atoms with E-state index in [2.05, 4.69) is 0 Å². The summed E-state index contributed by atoms with van der Waals surface area (Å²) in [6.45, 7) is 5.45. The third-order valence-electron chi connectivity index (χ3n) is 2.23. The maximum atomic E-state index is 11.8. The summed E-state index contributed by atoms with van der Waals surface area (Å²) in [6.07, 6.45) is -0.418. The van der Waals surface area contributed by atoms with Crippen LogP contribution in [-0.4, -0.2) is 24.6 Å². The molecule has 0 saturated carbocycles. The normalized spacial score (nSPS) is 10.9. The van der Waals surface area contributed by atoms with Crippen LogP contribution >= 0.6 is 0 Å². The number of nitrogen functional groups attached to an aromatic ring is 1. The van der Waals surface area contributed by atoms with E-state index in [9.17, 15) is 4.79 Å².